The largest absolute Gasteiger partial charge is 0.472 e. The highest BCUT2D eigenvalue weighted by molar-refractivity contribution is 5.97. The SMILES string of the molecule is CC(O)CN(C)C(=O)C(C)NC(=O)c1ccoc1. The van der Waals surface area contributed by atoms with Crippen LogP contribution in [-0.2, 0) is 4.79 Å². The lowest BCUT2D eigenvalue weighted by Gasteiger charge is -2.23. The molecule has 0 bridgehead atoms. The standard InChI is InChI=1S/C12H18N2O4/c1-8(15)6-14(3)12(17)9(2)13-11(16)10-4-5-18-7-10/h4-5,7-9,15H,6H2,1-3H3,(H,13,16). The molecule has 18 heavy (non-hydrogen) atoms. The van der Waals surface area contributed by atoms with Crippen molar-refractivity contribution >= 4 is 11.8 Å². The topological polar surface area (TPSA) is 82.8 Å². The van der Waals surface area contributed by atoms with E-state index in [4.69, 9.17) is 4.42 Å². The first kappa shape index (κ1) is 14.2. The molecule has 0 aromatic carbocycles. The Hall–Kier alpha value is -1.82. The summed E-state index contributed by atoms with van der Waals surface area (Å²) in [5.74, 6) is -0.622. The van der Waals surface area contributed by atoms with E-state index in [9.17, 15) is 14.7 Å². The number of hydrogen-bond donors (Lipinski definition) is 2. The Balaban J connectivity index is 2.52. The van der Waals surface area contributed by atoms with Gasteiger partial charge in [0, 0.05) is 13.6 Å². The summed E-state index contributed by atoms with van der Waals surface area (Å²) in [5.41, 5.74) is 0.368. The van der Waals surface area contributed by atoms with Crippen LogP contribution in [0, 0.1) is 0 Å². The van der Waals surface area contributed by atoms with Crippen LogP contribution in [0.25, 0.3) is 0 Å². The fourth-order valence-corrected chi connectivity index (χ4v) is 1.55. The first-order valence-corrected chi connectivity index (χ1v) is 5.68. The third kappa shape index (κ3) is 3.89. The van der Waals surface area contributed by atoms with Crippen LogP contribution < -0.4 is 5.32 Å². The van der Waals surface area contributed by atoms with Gasteiger partial charge in [0.15, 0.2) is 0 Å². The van der Waals surface area contributed by atoms with Crippen LogP contribution in [0.4, 0.5) is 0 Å². The van der Waals surface area contributed by atoms with Crippen molar-refractivity contribution in [2.45, 2.75) is 26.0 Å². The summed E-state index contributed by atoms with van der Waals surface area (Å²) in [6, 6.07) is 0.864. The van der Waals surface area contributed by atoms with Gasteiger partial charge in [-0.25, -0.2) is 0 Å². The van der Waals surface area contributed by atoms with Crippen molar-refractivity contribution in [3.63, 3.8) is 0 Å². The zero-order valence-corrected chi connectivity index (χ0v) is 10.7. The Morgan fingerprint density at radius 2 is 2.17 bits per heavy atom. The third-order valence-corrected chi connectivity index (χ3v) is 2.42. The van der Waals surface area contributed by atoms with Crippen molar-refractivity contribution in [2.75, 3.05) is 13.6 Å². The van der Waals surface area contributed by atoms with E-state index in [-0.39, 0.29) is 18.4 Å². The van der Waals surface area contributed by atoms with E-state index in [1.54, 1.807) is 20.9 Å². The highest BCUT2D eigenvalue weighted by atomic mass is 16.3. The molecule has 100 valence electrons. The van der Waals surface area contributed by atoms with Crippen molar-refractivity contribution in [1.29, 1.82) is 0 Å². The maximum absolute atomic E-state index is 11.9. The molecule has 2 atom stereocenters. The zero-order chi connectivity index (χ0) is 13.7. The average Bonchev–Trinajstić information content (AvgIpc) is 2.80. The molecule has 0 saturated carbocycles. The quantitative estimate of drug-likeness (QED) is 0.788. The van der Waals surface area contributed by atoms with Gasteiger partial charge in [-0.2, -0.15) is 0 Å². The second-order valence-corrected chi connectivity index (χ2v) is 4.27. The molecule has 0 saturated heterocycles. The van der Waals surface area contributed by atoms with Gasteiger partial charge in [-0.15, -0.1) is 0 Å². The van der Waals surface area contributed by atoms with Crippen molar-refractivity contribution in [3.8, 4) is 0 Å². The second kappa shape index (κ2) is 6.20. The van der Waals surface area contributed by atoms with Gasteiger partial charge in [0.1, 0.15) is 12.3 Å². The summed E-state index contributed by atoms with van der Waals surface area (Å²) in [6.45, 7) is 3.42. The van der Waals surface area contributed by atoms with Crippen LogP contribution in [0.2, 0.25) is 0 Å². The number of rotatable bonds is 5. The Morgan fingerprint density at radius 3 is 2.67 bits per heavy atom. The number of aliphatic hydroxyl groups is 1. The van der Waals surface area contributed by atoms with E-state index < -0.39 is 12.1 Å². The first-order chi connectivity index (χ1) is 8.41. The molecular weight excluding hydrogens is 236 g/mol. The maximum atomic E-state index is 11.9. The summed E-state index contributed by atoms with van der Waals surface area (Å²) in [6.07, 6.45) is 2.10. The van der Waals surface area contributed by atoms with E-state index in [0.717, 1.165) is 0 Å². The molecule has 6 heteroatoms. The summed E-state index contributed by atoms with van der Waals surface area (Å²) in [4.78, 5) is 24.9. The second-order valence-electron chi connectivity index (χ2n) is 4.27. The summed E-state index contributed by atoms with van der Waals surface area (Å²) < 4.78 is 4.79. The fourth-order valence-electron chi connectivity index (χ4n) is 1.55. The molecule has 0 aliphatic carbocycles. The summed E-state index contributed by atoms with van der Waals surface area (Å²) >= 11 is 0. The van der Waals surface area contributed by atoms with E-state index >= 15 is 0 Å². The van der Waals surface area contributed by atoms with E-state index in [1.807, 2.05) is 0 Å². The minimum absolute atomic E-state index is 0.227. The minimum Gasteiger partial charge on any atom is -0.472 e. The molecule has 0 aliphatic heterocycles. The van der Waals surface area contributed by atoms with Gasteiger partial charge in [-0.3, -0.25) is 9.59 Å². The fraction of sp³-hybridized carbons (Fsp3) is 0.500. The molecular formula is C12H18N2O4. The Bertz CT molecular complexity index is 400. The number of hydrogen-bond acceptors (Lipinski definition) is 4. The lowest BCUT2D eigenvalue weighted by Crippen LogP contribution is -2.47. The lowest BCUT2D eigenvalue weighted by atomic mass is 10.2. The molecule has 1 aromatic heterocycles. The predicted octanol–water partition coefficient (Wildman–Crippen LogP) is 0.237. The maximum Gasteiger partial charge on any atom is 0.255 e. The van der Waals surface area contributed by atoms with Gasteiger partial charge in [0.05, 0.1) is 17.9 Å². The molecule has 2 amide bonds. The summed E-state index contributed by atoms with van der Waals surface area (Å²) in [5, 5.41) is 11.8. The smallest absolute Gasteiger partial charge is 0.255 e. The van der Waals surface area contributed by atoms with Gasteiger partial charge in [-0.1, -0.05) is 0 Å². The lowest BCUT2D eigenvalue weighted by molar-refractivity contribution is -0.132. The van der Waals surface area contributed by atoms with Crippen LogP contribution in [0.3, 0.4) is 0 Å². The molecule has 6 nitrogen and oxygen atoms in total. The molecule has 0 fully saturated rings. The highest BCUT2D eigenvalue weighted by Gasteiger charge is 2.21. The van der Waals surface area contributed by atoms with Crippen LogP contribution in [0.15, 0.2) is 23.0 Å². The number of amides is 2. The van der Waals surface area contributed by atoms with Crippen LogP contribution in [0.1, 0.15) is 24.2 Å². The third-order valence-electron chi connectivity index (χ3n) is 2.42. The number of nitrogens with one attached hydrogen (secondary N) is 1. The van der Waals surface area contributed by atoms with Gasteiger partial charge < -0.3 is 19.7 Å². The molecule has 1 aromatic rings. The molecule has 0 aliphatic rings. The van der Waals surface area contributed by atoms with Gasteiger partial charge >= 0.3 is 0 Å². The average molecular weight is 254 g/mol. The Kier molecular flexibility index (Phi) is 4.91. The normalized spacial score (nSPS) is 13.8. The number of carbonyl (C=O) groups is 2. The Morgan fingerprint density at radius 1 is 1.50 bits per heavy atom. The van der Waals surface area contributed by atoms with Gasteiger partial charge in [-0.05, 0) is 19.9 Å². The van der Waals surface area contributed by atoms with E-state index in [2.05, 4.69) is 5.32 Å². The number of nitrogens with zero attached hydrogens (tertiary/aromatic N) is 1. The highest BCUT2D eigenvalue weighted by Crippen LogP contribution is 2.01. The molecule has 0 spiro atoms. The van der Waals surface area contributed by atoms with E-state index in [0.29, 0.717) is 5.56 Å². The monoisotopic (exact) mass is 254 g/mol. The van der Waals surface area contributed by atoms with E-state index in [1.165, 1.54) is 23.5 Å². The van der Waals surface area contributed by atoms with Crippen molar-refractivity contribution < 1.29 is 19.1 Å². The molecule has 2 N–H and O–H groups in total. The van der Waals surface area contributed by atoms with Crippen molar-refractivity contribution in [1.82, 2.24) is 10.2 Å². The predicted molar refractivity (Wildman–Crippen MR) is 65.0 cm³/mol. The van der Waals surface area contributed by atoms with Crippen LogP contribution >= 0.6 is 0 Å². The number of likely N-dealkylation sites (N-methyl/N-ethyl adjacent to an activating group) is 1. The Labute approximate surface area is 106 Å². The number of carbonyl (C=O) groups excluding carboxylic acids is 2. The van der Waals surface area contributed by atoms with Gasteiger partial charge in [0.25, 0.3) is 5.91 Å². The number of furan rings is 1. The first-order valence-electron chi connectivity index (χ1n) is 5.68. The molecule has 2 unspecified atom stereocenters. The minimum atomic E-state index is -0.656. The zero-order valence-electron chi connectivity index (χ0n) is 10.7. The molecule has 0 radical (unpaired) electrons. The molecule has 1 heterocycles. The molecule has 1 rings (SSSR count). The van der Waals surface area contributed by atoms with Crippen LogP contribution in [-0.4, -0.2) is 47.6 Å². The van der Waals surface area contributed by atoms with Crippen LogP contribution in [0.5, 0.6) is 0 Å². The summed E-state index contributed by atoms with van der Waals surface area (Å²) in [7, 11) is 1.58. The van der Waals surface area contributed by atoms with Gasteiger partial charge in [0.2, 0.25) is 5.91 Å². The van der Waals surface area contributed by atoms with Crippen molar-refractivity contribution in [3.05, 3.63) is 24.2 Å². The van der Waals surface area contributed by atoms with Crippen molar-refractivity contribution in [2.24, 2.45) is 0 Å². The number of aliphatic hydroxyl groups excluding tert-OH is 1.